The zero-order valence-corrected chi connectivity index (χ0v) is 16.4. The van der Waals surface area contributed by atoms with Crippen molar-refractivity contribution in [1.29, 1.82) is 0 Å². The first kappa shape index (κ1) is 18.6. The molecule has 2 heterocycles. The minimum Gasteiger partial charge on any atom is -0.348 e. The fourth-order valence-electron chi connectivity index (χ4n) is 3.49. The molecular formula is C21H26N2O2S. The van der Waals surface area contributed by atoms with Crippen molar-refractivity contribution < 1.29 is 9.59 Å². The topological polar surface area (TPSA) is 49.4 Å². The zero-order chi connectivity index (χ0) is 18.7. The third-order valence-electron chi connectivity index (χ3n) is 4.97. The molecule has 1 aliphatic heterocycles. The summed E-state index contributed by atoms with van der Waals surface area (Å²) in [5, 5.41) is 5.20. The minimum atomic E-state index is -0.298. The van der Waals surface area contributed by atoms with Gasteiger partial charge in [-0.25, -0.2) is 0 Å². The lowest BCUT2D eigenvalue weighted by Gasteiger charge is -2.23. The first-order chi connectivity index (χ1) is 12.5. The predicted octanol–water partition coefficient (Wildman–Crippen LogP) is 4.18. The van der Waals surface area contributed by atoms with E-state index in [1.807, 2.05) is 35.7 Å². The van der Waals surface area contributed by atoms with Gasteiger partial charge < -0.3 is 10.2 Å². The van der Waals surface area contributed by atoms with Crippen LogP contribution in [0.1, 0.15) is 43.7 Å². The fourth-order valence-corrected chi connectivity index (χ4v) is 4.44. The number of nitrogens with zero attached hydrogens (tertiary/aromatic N) is 1. The van der Waals surface area contributed by atoms with E-state index < -0.39 is 0 Å². The second-order valence-electron chi connectivity index (χ2n) is 7.13. The maximum absolute atomic E-state index is 12.8. The van der Waals surface area contributed by atoms with Crippen molar-refractivity contribution in [2.24, 2.45) is 11.8 Å². The molecule has 1 fully saturated rings. The summed E-state index contributed by atoms with van der Waals surface area (Å²) in [6.07, 6.45) is 1.14. The molecular weight excluding hydrogens is 344 g/mol. The third kappa shape index (κ3) is 3.83. The third-order valence-corrected chi connectivity index (χ3v) is 5.93. The molecule has 1 aromatic heterocycles. The van der Waals surface area contributed by atoms with Crippen LogP contribution in [-0.4, -0.2) is 18.4 Å². The average Bonchev–Trinajstić information content (AvgIpc) is 3.29. The van der Waals surface area contributed by atoms with Gasteiger partial charge in [0.05, 0.1) is 12.0 Å². The molecule has 2 amide bonds. The molecule has 0 saturated carbocycles. The Balaban J connectivity index is 1.72. The van der Waals surface area contributed by atoms with Crippen LogP contribution in [0.5, 0.6) is 0 Å². The Labute approximate surface area is 159 Å². The van der Waals surface area contributed by atoms with Crippen LogP contribution in [0.4, 0.5) is 5.69 Å². The van der Waals surface area contributed by atoms with Crippen molar-refractivity contribution in [3.05, 3.63) is 52.2 Å². The molecule has 26 heavy (non-hydrogen) atoms. The quantitative estimate of drug-likeness (QED) is 0.829. The lowest BCUT2D eigenvalue weighted by molar-refractivity contribution is -0.127. The summed E-state index contributed by atoms with van der Waals surface area (Å²) in [6, 6.07) is 12.0. The Morgan fingerprint density at radius 1 is 1.27 bits per heavy atom. The molecule has 0 aliphatic carbocycles. The molecule has 1 N–H and O–H groups in total. The number of carbonyl (C=O) groups excluding carboxylic acids is 2. The molecule has 0 radical (unpaired) electrons. The number of rotatable bonds is 6. The molecule has 0 spiro atoms. The Hall–Kier alpha value is -2.14. The first-order valence-corrected chi connectivity index (χ1v) is 10.1. The van der Waals surface area contributed by atoms with Crippen LogP contribution >= 0.6 is 11.3 Å². The van der Waals surface area contributed by atoms with Crippen molar-refractivity contribution in [1.82, 2.24) is 5.32 Å². The molecule has 2 unspecified atom stereocenters. The number of aryl methyl sites for hydroxylation is 1. The number of benzene rings is 1. The number of hydrogen-bond donors (Lipinski definition) is 1. The molecule has 138 valence electrons. The summed E-state index contributed by atoms with van der Waals surface area (Å²) < 4.78 is 0. The van der Waals surface area contributed by atoms with E-state index in [2.05, 4.69) is 32.2 Å². The van der Waals surface area contributed by atoms with Gasteiger partial charge in [0.25, 0.3) is 0 Å². The summed E-state index contributed by atoms with van der Waals surface area (Å²) in [4.78, 5) is 28.3. The first-order valence-electron chi connectivity index (χ1n) is 9.23. The molecule has 1 aromatic carbocycles. The monoisotopic (exact) mass is 370 g/mol. The zero-order valence-electron chi connectivity index (χ0n) is 15.6. The normalized spacial score (nSPS) is 18.4. The number of nitrogens with one attached hydrogen (secondary N) is 1. The summed E-state index contributed by atoms with van der Waals surface area (Å²) in [5.41, 5.74) is 2.08. The highest BCUT2D eigenvalue weighted by Gasteiger charge is 2.36. The van der Waals surface area contributed by atoms with Crippen LogP contribution in [0.2, 0.25) is 0 Å². The van der Waals surface area contributed by atoms with Crippen molar-refractivity contribution >= 4 is 28.8 Å². The SMILES string of the molecule is CCc1ccccc1N1CC(C(=O)NC(c2cccs2)C(C)C)CC1=O. The Morgan fingerprint density at radius 2 is 2.04 bits per heavy atom. The number of anilines is 1. The smallest absolute Gasteiger partial charge is 0.227 e. The van der Waals surface area contributed by atoms with E-state index in [9.17, 15) is 9.59 Å². The van der Waals surface area contributed by atoms with Crippen LogP contribution in [0, 0.1) is 11.8 Å². The highest BCUT2D eigenvalue weighted by molar-refractivity contribution is 7.10. The van der Waals surface area contributed by atoms with Crippen molar-refractivity contribution in [2.75, 3.05) is 11.4 Å². The molecule has 0 bridgehead atoms. The standard InChI is InChI=1S/C21H26N2O2S/c1-4-15-8-5-6-9-17(15)23-13-16(12-19(23)24)21(25)22-20(14(2)3)18-10-7-11-26-18/h5-11,14,16,20H,4,12-13H2,1-3H3,(H,22,25). The van der Waals surface area contributed by atoms with Crippen molar-refractivity contribution in [3.63, 3.8) is 0 Å². The van der Waals surface area contributed by atoms with Gasteiger partial charge in [0.15, 0.2) is 0 Å². The highest BCUT2D eigenvalue weighted by atomic mass is 32.1. The number of amides is 2. The van der Waals surface area contributed by atoms with Gasteiger partial charge in [-0.05, 0) is 35.4 Å². The van der Waals surface area contributed by atoms with Gasteiger partial charge in [-0.1, -0.05) is 45.0 Å². The number of thiophene rings is 1. The van der Waals surface area contributed by atoms with Gasteiger partial charge in [0, 0.05) is 23.5 Å². The van der Waals surface area contributed by atoms with E-state index >= 15 is 0 Å². The Bertz CT molecular complexity index is 770. The van der Waals surface area contributed by atoms with Crippen LogP contribution in [0.15, 0.2) is 41.8 Å². The number of carbonyl (C=O) groups is 2. The summed E-state index contributed by atoms with van der Waals surface area (Å²) in [5.74, 6) is 0.00505. The average molecular weight is 371 g/mol. The molecule has 3 rings (SSSR count). The van der Waals surface area contributed by atoms with E-state index in [0.29, 0.717) is 12.5 Å². The molecule has 5 heteroatoms. The maximum atomic E-state index is 12.8. The summed E-state index contributed by atoms with van der Waals surface area (Å²) >= 11 is 1.65. The van der Waals surface area contributed by atoms with Crippen molar-refractivity contribution in [2.45, 2.75) is 39.7 Å². The Kier molecular flexibility index (Phi) is 5.77. The van der Waals surface area contributed by atoms with Gasteiger partial charge >= 0.3 is 0 Å². The van der Waals surface area contributed by atoms with Crippen LogP contribution in [0.25, 0.3) is 0 Å². The molecule has 2 atom stereocenters. The highest BCUT2D eigenvalue weighted by Crippen LogP contribution is 2.30. The van der Waals surface area contributed by atoms with Crippen LogP contribution in [-0.2, 0) is 16.0 Å². The largest absolute Gasteiger partial charge is 0.348 e. The number of hydrogen-bond acceptors (Lipinski definition) is 3. The van der Waals surface area contributed by atoms with Gasteiger partial charge in [0.2, 0.25) is 11.8 Å². The minimum absolute atomic E-state index is 0.00502. The summed E-state index contributed by atoms with van der Waals surface area (Å²) in [7, 11) is 0. The van der Waals surface area contributed by atoms with Gasteiger partial charge in [-0.3, -0.25) is 9.59 Å². The second-order valence-corrected chi connectivity index (χ2v) is 8.11. The maximum Gasteiger partial charge on any atom is 0.227 e. The van der Waals surface area contributed by atoms with Crippen LogP contribution < -0.4 is 10.2 Å². The molecule has 1 aliphatic rings. The lowest BCUT2D eigenvalue weighted by atomic mass is 10.0. The van der Waals surface area contributed by atoms with Crippen molar-refractivity contribution in [3.8, 4) is 0 Å². The van der Waals surface area contributed by atoms with E-state index in [4.69, 9.17) is 0 Å². The van der Waals surface area contributed by atoms with Gasteiger partial charge in [-0.2, -0.15) is 0 Å². The van der Waals surface area contributed by atoms with Gasteiger partial charge in [-0.15, -0.1) is 11.3 Å². The Morgan fingerprint density at radius 3 is 2.69 bits per heavy atom. The second kappa shape index (κ2) is 8.04. The van der Waals surface area contributed by atoms with E-state index in [-0.39, 0.29) is 30.2 Å². The van der Waals surface area contributed by atoms with E-state index in [0.717, 1.165) is 22.5 Å². The lowest BCUT2D eigenvalue weighted by Crippen LogP contribution is -2.37. The summed E-state index contributed by atoms with van der Waals surface area (Å²) in [6.45, 7) is 6.75. The van der Waals surface area contributed by atoms with E-state index in [1.165, 1.54) is 0 Å². The number of para-hydroxylation sites is 1. The molecule has 1 saturated heterocycles. The molecule has 2 aromatic rings. The molecule has 4 nitrogen and oxygen atoms in total. The van der Waals surface area contributed by atoms with Crippen LogP contribution in [0.3, 0.4) is 0 Å². The fraction of sp³-hybridized carbons (Fsp3) is 0.429. The van der Waals surface area contributed by atoms with Gasteiger partial charge in [0.1, 0.15) is 0 Å². The predicted molar refractivity (Wildman–Crippen MR) is 106 cm³/mol. The van der Waals surface area contributed by atoms with E-state index in [1.54, 1.807) is 16.2 Å².